The van der Waals surface area contributed by atoms with Crippen LogP contribution in [-0.4, -0.2) is 22.6 Å². The van der Waals surface area contributed by atoms with Crippen molar-refractivity contribution in [2.75, 3.05) is 0 Å². The number of carbonyl (C=O) groups is 1. The Morgan fingerprint density at radius 2 is 1.74 bits per heavy atom. The quantitative estimate of drug-likeness (QED) is 0.361. The number of allylic oxidation sites excluding steroid dienone is 1. The van der Waals surface area contributed by atoms with Crippen LogP contribution >= 0.6 is 0 Å². The monoisotopic (exact) mass is 469 g/mol. The normalized spacial score (nSPS) is 19.2. The van der Waals surface area contributed by atoms with E-state index in [1.165, 1.54) is 27.5 Å². The molecule has 1 fully saturated rings. The van der Waals surface area contributed by atoms with Crippen molar-refractivity contribution in [2.45, 2.75) is 83.9 Å². The van der Waals surface area contributed by atoms with Crippen LogP contribution in [-0.2, 0) is 4.74 Å². The SMILES string of the molecule is CCC=Cc1ccc([C@@H]2CC[C@H](N(C(=O)OC(C)(C)C)[C@H](C)c3cccc4ccccc34)C2)cc1. The van der Waals surface area contributed by atoms with Gasteiger partial charge in [0.05, 0.1) is 6.04 Å². The molecule has 0 bridgehead atoms. The number of nitrogens with zero attached hydrogens (tertiary/aromatic N) is 1. The first-order valence-corrected chi connectivity index (χ1v) is 13.0. The lowest BCUT2D eigenvalue weighted by Gasteiger charge is -2.37. The van der Waals surface area contributed by atoms with Crippen LogP contribution in [0.1, 0.15) is 89.0 Å². The van der Waals surface area contributed by atoms with Gasteiger partial charge in [-0.25, -0.2) is 4.79 Å². The molecule has 3 atom stereocenters. The molecule has 35 heavy (non-hydrogen) atoms. The second-order valence-corrected chi connectivity index (χ2v) is 10.8. The number of amides is 1. The van der Waals surface area contributed by atoms with Crippen molar-refractivity contribution in [1.82, 2.24) is 4.90 Å². The van der Waals surface area contributed by atoms with E-state index in [1.54, 1.807) is 0 Å². The molecule has 0 spiro atoms. The van der Waals surface area contributed by atoms with Crippen LogP contribution in [0.4, 0.5) is 4.79 Å². The number of rotatable bonds is 6. The average molecular weight is 470 g/mol. The van der Waals surface area contributed by atoms with E-state index in [1.807, 2.05) is 25.7 Å². The first kappa shape index (κ1) is 25.0. The van der Waals surface area contributed by atoms with Gasteiger partial charge in [0.25, 0.3) is 0 Å². The fourth-order valence-electron chi connectivity index (χ4n) is 5.35. The van der Waals surface area contributed by atoms with Gasteiger partial charge < -0.3 is 4.74 Å². The summed E-state index contributed by atoms with van der Waals surface area (Å²) in [7, 11) is 0. The number of hydrogen-bond acceptors (Lipinski definition) is 2. The van der Waals surface area contributed by atoms with Crippen LogP contribution in [0.3, 0.4) is 0 Å². The highest BCUT2D eigenvalue weighted by molar-refractivity contribution is 5.86. The molecule has 4 rings (SSSR count). The van der Waals surface area contributed by atoms with E-state index >= 15 is 0 Å². The molecule has 1 saturated carbocycles. The van der Waals surface area contributed by atoms with Crippen LogP contribution in [0.15, 0.2) is 72.8 Å². The third-order valence-electron chi connectivity index (χ3n) is 7.05. The Kier molecular flexibility index (Phi) is 7.64. The number of fused-ring (bicyclic) bond motifs is 1. The molecule has 184 valence electrons. The first-order chi connectivity index (χ1) is 16.8. The zero-order chi connectivity index (χ0) is 25.0. The molecule has 0 N–H and O–H groups in total. The number of carbonyl (C=O) groups excluding carboxylic acids is 1. The number of hydrogen-bond donors (Lipinski definition) is 0. The van der Waals surface area contributed by atoms with Crippen LogP contribution < -0.4 is 0 Å². The summed E-state index contributed by atoms with van der Waals surface area (Å²) in [4.78, 5) is 15.6. The van der Waals surface area contributed by atoms with Crippen molar-refractivity contribution < 1.29 is 9.53 Å². The Labute approximate surface area is 210 Å². The van der Waals surface area contributed by atoms with E-state index in [0.717, 1.165) is 25.7 Å². The highest BCUT2D eigenvalue weighted by atomic mass is 16.6. The van der Waals surface area contributed by atoms with Gasteiger partial charge in [-0.2, -0.15) is 0 Å². The lowest BCUT2D eigenvalue weighted by molar-refractivity contribution is 0.00693. The molecule has 3 heteroatoms. The summed E-state index contributed by atoms with van der Waals surface area (Å²) in [5.74, 6) is 0.453. The Morgan fingerprint density at radius 1 is 1.03 bits per heavy atom. The molecule has 0 aliphatic heterocycles. The summed E-state index contributed by atoms with van der Waals surface area (Å²) < 4.78 is 5.94. The van der Waals surface area contributed by atoms with E-state index in [2.05, 4.69) is 92.7 Å². The van der Waals surface area contributed by atoms with Crippen molar-refractivity contribution in [3.8, 4) is 0 Å². The van der Waals surface area contributed by atoms with Crippen LogP contribution in [0, 0.1) is 0 Å². The minimum absolute atomic E-state index is 0.0822. The molecular weight excluding hydrogens is 430 g/mol. The fraction of sp³-hybridized carbons (Fsp3) is 0.406. The Bertz CT molecular complexity index is 1170. The second-order valence-electron chi connectivity index (χ2n) is 10.8. The highest BCUT2D eigenvalue weighted by Crippen LogP contribution is 2.41. The third-order valence-corrected chi connectivity index (χ3v) is 7.05. The van der Waals surface area contributed by atoms with Crippen molar-refractivity contribution in [3.05, 3.63) is 89.5 Å². The lowest BCUT2D eigenvalue weighted by atomic mass is 9.95. The number of benzene rings is 3. The van der Waals surface area contributed by atoms with Gasteiger partial charge in [-0.1, -0.05) is 85.8 Å². The van der Waals surface area contributed by atoms with Crippen LogP contribution in [0.5, 0.6) is 0 Å². The van der Waals surface area contributed by atoms with Crippen molar-refractivity contribution in [1.29, 1.82) is 0 Å². The molecule has 3 aromatic rings. The summed E-state index contributed by atoms with van der Waals surface area (Å²) in [5.41, 5.74) is 3.24. The van der Waals surface area contributed by atoms with E-state index in [0.29, 0.717) is 5.92 Å². The Balaban J connectivity index is 1.61. The molecule has 0 heterocycles. The summed E-state index contributed by atoms with van der Waals surface area (Å²) >= 11 is 0. The van der Waals surface area contributed by atoms with Crippen molar-refractivity contribution in [3.63, 3.8) is 0 Å². The maximum absolute atomic E-state index is 13.6. The summed E-state index contributed by atoms with van der Waals surface area (Å²) in [5, 5.41) is 2.39. The number of ether oxygens (including phenoxy) is 1. The predicted octanol–water partition coefficient (Wildman–Crippen LogP) is 8.90. The zero-order valence-electron chi connectivity index (χ0n) is 21.8. The zero-order valence-corrected chi connectivity index (χ0v) is 21.8. The molecule has 3 aromatic carbocycles. The summed E-state index contributed by atoms with van der Waals surface area (Å²) in [6.45, 7) is 10.1. The second kappa shape index (κ2) is 10.7. The van der Waals surface area contributed by atoms with Crippen molar-refractivity contribution in [2.24, 2.45) is 0 Å². The predicted molar refractivity (Wildman–Crippen MR) is 147 cm³/mol. The van der Waals surface area contributed by atoms with Gasteiger partial charge in [0.1, 0.15) is 5.60 Å². The van der Waals surface area contributed by atoms with Gasteiger partial charge in [-0.05, 0) is 86.8 Å². The molecule has 3 nitrogen and oxygen atoms in total. The third kappa shape index (κ3) is 5.96. The Morgan fingerprint density at radius 3 is 2.46 bits per heavy atom. The molecule has 0 radical (unpaired) electrons. The molecule has 0 aromatic heterocycles. The van der Waals surface area contributed by atoms with E-state index in [-0.39, 0.29) is 18.2 Å². The Hall–Kier alpha value is -3.07. The van der Waals surface area contributed by atoms with Gasteiger partial charge >= 0.3 is 6.09 Å². The smallest absolute Gasteiger partial charge is 0.411 e. The van der Waals surface area contributed by atoms with Gasteiger partial charge in [-0.15, -0.1) is 0 Å². The molecule has 1 amide bonds. The minimum atomic E-state index is -0.534. The maximum atomic E-state index is 13.6. The van der Waals surface area contributed by atoms with E-state index in [4.69, 9.17) is 4.74 Å². The fourth-order valence-corrected chi connectivity index (χ4v) is 5.35. The molecule has 1 aliphatic rings. The standard InChI is InChI=1S/C32H39NO2/c1-6-7-11-24-16-18-25(19-17-24)27-20-21-28(22-27)33(31(34)35-32(3,4)5)23(2)29-15-10-13-26-12-8-9-14-30(26)29/h7-19,23,27-28H,6,20-22H2,1-5H3/t23-,27-,28+/m1/s1. The molecule has 0 saturated heterocycles. The topological polar surface area (TPSA) is 29.5 Å². The van der Waals surface area contributed by atoms with E-state index < -0.39 is 5.60 Å². The van der Waals surface area contributed by atoms with Gasteiger partial charge in [0, 0.05) is 6.04 Å². The molecule has 0 unspecified atom stereocenters. The summed E-state index contributed by atoms with van der Waals surface area (Å²) in [6.07, 6.45) is 8.21. The highest BCUT2D eigenvalue weighted by Gasteiger charge is 2.38. The largest absolute Gasteiger partial charge is 0.444 e. The molecular formula is C32H39NO2. The van der Waals surface area contributed by atoms with Crippen LogP contribution in [0.2, 0.25) is 0 Å². The lowest BCUT2D eigenvalue weighted by Crippen LogP contribution is -2.44. The summed E-state index contributed by atoms with van der Waals surface area (Å²) in [6, 6.07) is 23.8. The maximum Gasteiger partial charge on any atom is 0.411 e. The molecule has 1 aliphatic carbocycles. The van der Waals surface area contributed by atoms with Gasteiger partial charge in [-0.3, -0.25) is 4.90 Å². The van der Waals surface area contributed by atoms with Crippen LogP contribution in [0.25, 0.3) is 16.8 Å². The van der Waals surface area contributed by atoms with Crippen molar-refractivity contribution >= 4 is 22.9 Å². The first-order valence-electron chi connectivity index (χ1n) is 13.0. The average Bonchev–Trinajstić information content (AvgIpc) is 3.31. The van der Waals surface area contributed by atoms with E-state index in [9.17, 15) is 4.79 Å². The van der Waals surface area contributed by atoms with Gasteiger partial charge in [0.15, 0.2) is 0 Å². The minimum Gasteiger partial charge on any atom is -0.444 e. The van der Waals surface area contributed by atoms with Gasteiger partial charge in [0.2, 0.25) is 0 Å².